The number of likely N-dealkylation sites (tertiary alicyclic amines) is 1. The molecule has 2 aromatic carbocycles. The average Bonchev–Trinajstić information content (AvgIpc) is 3.40. The summed E-state index contributed by atoms with van der Waals surface area (Å²) in [5.41, 5.74) is 6.52. The van der Waals surface area contributed by atoms with Gasteiger partial charge in [-0.3, -0.25) is 4.79 Å². The van der Waals surface area contributed by atoms with Gasteiger partial charge in [-0.05, 0) is 56.5 Å². The van der Waals surface area contributed by atoms with E-state index in [0.717, 1.165) is 60.6 Å². The van der Waals surface area contributed by atoms with Crippen molar-refractivity contribution in [3.8, 4) is 11.4 Å². The number of hydrogen-bond acceptors (Lipinski definition) is 3. The number of aryl methyl sites for hydroxylation is 2. The Bertz CT molecular complexity index is 1090. The Labute approximate surface area is 177 Å². The molecule has 5 rings (SSSR count). The number of piperidine rings is 1. The molecule has 0 unspecified atom stereocenters. The number of carbonyl (C=O) groups excluding carboxylic acids is 1. The van der Waals surface area contributed by atoms with Crippen molar-refractivity contribution in [1.29, 1.82) is 0 Å². The summed E-state index contributed by atoms with van der Waals surface area (Å²) in [5.74, 6) is 1.41. The van der Waals surface area contributed by atoms with E-state index >= 15 is 0 Å². The molecule has 0 N–H and O–H groups in total. The van der Waals surface area contributed by atoms with E-state index in [1.165, 1.54) is 11.3 Å². The number of aromatic nitrogens is 2. The number of rotatable bonds is 3. The second-order valence-corrected chi connectivity index (χ2v) is 8.36. The molecule has 2 aliphatic rings. The summed E-state index contributed by atoms with van der Waals surface area (Å²) >= 11 is 0. The first-order valence-corrected chi connectivity index (χ1v) is 10.8. The molecule has 3 aromatic rings. The highest BCUT2D eigenvalue weighted by Crippen LogP contribution is 2.33. The van der Waals surface area contributed by atoms with Crippen LogP contribution in [0.1, 0.15) is 51.6 Å². The molecule has 0 saturated carbocycles. The quantitative estimate of drug-likeness (QED) is 0.652. The Hall–Kier alpha value is -3.08. The van der Waals surface area contributed by atoms with E-state index in [0.29, 0.717) is 12.5 Å². The zero-order chi connectivity index (χ0) is 20.7. The zero-order valence-corrected chi connectivity index (χ0v) is 17.6. The Morgan fingerprint density at radius 1 is 1.07 bits per heavy atom. The number of amides is 1. The Morgan fingerprint density at radius 2 is 1.87 bits per heavy atom. The number of benzene rings is 2. The number of fused-ring (bicyclic) bond motifs is 1. The minimum atomic E-state index is 0.138. The van der Waals surface area contributed by atoms with Gasteiger partial charge in [0.15, 0.2) is 0 Å². The van der Waals surface area contributed by atoms with E-state index in [-0.39, 0.29) is 5.91 Å². The highest BCUT2D eigenvalue weighted by atomic mass is 16.5. The standard InChI is InChI=1S/C25H27N3O2/c1-17-6-3-4-8-22(17)28-23(16-18(2)26-28)19-10-13-27(14-11-19)25(29)21-7-5-9-24-20(21)12-15-30-24/h3-9,16,19H,10-15H2,1-2H3. The lowest BCUT2D eigenvalue weighted by atomic mass is 9.92. The smallest absolute Gasteiger partial charge is 0.254 e. The lowest BCUT2D eigenvalue weighted by Gasteiger charge is -2.32. The summed E-state index contributed by atoms with van der Waals surface area (Å²) in [4.78, 5) is 15.2. The lowest BCUT2D eigenvalue weighted by Crippen LogP contribution is -2.38. The van der Waals surface area contributed by atoms with Gasteiger partial charge < -0.3 is 9.64 Å². The third-order valence-electron chi connectivity index (χ3n) is 6.38. The van der Waals surface area contributed by atoms with Gasteiger partial charge in [0.05, 0.1) is 18.0 Å². The molecule has 1 amide bonds. The van der Waals surface area contributed by atoms with Crippen LogP contribution in [0.4, 0.5) is 0 Å². The molecule has 3 heterocycles. The van der Waals surface area contributed by atoms with Crippen molar-refractivity contribution in [2.24, 2.45) is 0 Å². The summed E-state index contributed by atoms with van der Waals surface area (Å²) in [5, 5.41) is 4.78. The second kappa shape index (κ2) is 7.63. The molecule has 5 nitrogen and oxygen atoms in total. The Kier molecular flexibility index (Phi) is 4.81. The first-order valence-electron chi connectivity index (χ1n) is 10.8. The summed E-state index contributed by atoms with van der Waals surface area (Å²) in [6.45, 7) is 6.39. The third kappa shape index (κ3) is 3.28. The van der Waals surface area contributed by atoms with Crippen LogP contribution in [-0.4, -0.2) is 40.3 Å². The molecular formula is C25H27N3O2. The molecule has 1 aromatic heterocycles. The minimum Gasteiger partial charge on any atom is -0.493 e. The third-order valence-corrected chi connectivity index (χ3v) is 6.38. The largest absolute Gasteiger partial charge is 0.493 e. The lowest BCUT2D eigenvalue weighted by molar-refractivity contribution is 0.0710. The van der Waals surface area contributed by atoms with Crippen LogP contribution in [0.25, 0.3) is 5.69 Å². The van der Waals surface area contributed by atoms with Gasteiger partial charge in [-0.2, -0.15) is 5.10 Å². The van der Waals surface area contributed by atoms with Crippen LogP contribution in [0, 0.1) is 13.8 Å². The maximum atomic E-state index is 13.2. The number of para-hydroxylation sites is 1. The van der Waals surface area contributed by atoms with E-state index in [1.807, 2.05) is 23.1 Å². The SMILES string of the molecule is Cc1cc(C2CCN(C(=O)c3cccc4c3CCO4)CC2)n(-c2ccccc2C)n1. The van der Waals surface area contributed by atoms with Gasteiger partial charge in [-0.15, -0.1) is 0 Å². The van der Waals surface area contributed by atoms with Gasteiger partial charge in [0.2, 0.25) is 0 Å². The van der Waals surface area contributed by atoms with Crippen LogP contribution in [0.15, 0.2) is 48.5 Å². The molecule has 154 valence electrons. The van der Waals surface area contributed by atoms with Gasteiger partial charge in [0.1, 0.15) is 5.75 Å². The first-order chi connectivity index (χ1) is 14.6. The van der Waals surface area contributed by atoms with Crippen molar-refractivity contribution in [3.05, 3.63) is 76.6 Å². The second-order valence-electron chi connectivity index (χ2n) is 8.36. The summed E-state index contributed by atoms with van der Waals surface area (Å²) in [7, 11) is 0. The molecule has 1 fully saturated rings. The van der Waals surface area contributed by atoms with Crippen molar-refractivity contribution in [2.75, 3.05) is 19.7 Å². The minimum absolute atomic E-state index is 0.138. The van der Waals surface area contributed by atoms with E-state index in [2.05, 4.69) is 48.9 Å². The summed E-state index contributed by atoms with van der Waals surface area (Å²) in [6.07, 6.45) is 2.73. The van der Waals surface area contributed by atoms with Crippen molar-refractivity contribution >= 4 is 5.91 Å². The molecule has 0 aliphatic carbocycles. The van der Waals surface area contributed by atoms with Gasteiger partial charge in [-0.1, -0.05) is 24.3 Å². The monoisotopic (exact) mass is 401 g/mol. The highest BCUT2D eigenvalue weighted by molar-refractivity contribution is 5.96. The maximum Gasteiger partial charge on any atom is 0.254 e. The summed E-state index contributed by atoms with van der Waals surface area (Å²) in [6, 6.07) is 16.4. The molecule has 0 atom stereocenters. The molecule has 5 heteroatoms. The van der Waals surface area contributed by atoms with Crippen molar-refractivity contribution in [1.82, 2.24) is 14.7 Å². The van der Waals surface area contributed by atoms with E-state index in [1.54, 1.807) is 0 Å². The van der Waals surface area contributed by atoms with Crippen molar-refractivity contribution < 1.29 is 9.53 Å². The van der Waals surface area contributed by atoms with Gasteiger partial charge in [0.25, 0.3) is 5.91 Å². The topological polar surface area (TPSA) is 47.4 Å². The summed E-state index contributed by atoms with van der Waals surface area (Å²) < 4.78 is 7.74. The maximum absolute atomic E-state index is 13.2. The van der Waals surface area contributed by atoms with Gasteiger partial charge in [-0.25, -0.2) is 4.68 Å². The molecular weight excluding hydrogens is 374 g/mol. The normalized spacial score (nSPS) is 16.4. The molecule has 1 saturated heterocycles. The van der Waals surface area contributed by atoms with Gasteiger partial charge >= 0.3 is 0 Å². The average molecular weight is 402 g/mol. The fourth-order valence-corrected chi connectivity index (χ4v) is 4.78. The van der Waals surface area contributed by atoms with Crippen LogP contribution < -0.4 is 4.74 Å². The van der Waals surface area contributed by atoms with Crippen molar-refractivity contribution in [3.63, 3.8) is 0 Å². The molecule has 0 spiro atoms. The first kappa shape index (κ1) is 18.9. The Morgan fingerprint density at radius 3 is 2.67 bits per heavy atom. The number of ether oxygens (including phenoxy) is 1. The Balaban J connectivity index is 1.35. The predicted molar refractivity (Wildman–Crippen MR) is 117 cm³/mol. The van der Waals surface area contributed by atoms with Crippen LogP contribution in [0.3, 0.4) is 0 Å². The predicted octanol–water partition coefficient (Wildman–Crippen LogP) is 4.44. The number of nitrogens with zero attached hydrogens (tertiary/aromatic N) is 3. The number of carbonyl (C=O) groups is 1. The van der Waals surface area contributed by atoms with Crippen molar-refractivity contribution in [2.45, 2.75) is 39.0 Å². The van der Waals surface area contributed by atoms with Gasteiger partial charge in [0, 0.05) is 42.2 Å². The fraction of sp³-hybridized carbons (Fsp3) is 0.360. The van der Waals surface area contributed by atoms with E-state index in [4.69, 9.17) is 9.84 Å². The zero-order valence-electron chi connectivity index (χ0n) is 17.6. The fourth-order valence-electron chi connectivity index (χ4n) is 4.78. The van der Waals surface area contributed by atoms with Crippen LogP contribution in [0.5, 0.6) is 5.75 Å². The molecule has 0 bridgehead atoms. The number of hydrogen-bond donors (Lipinski definition) is 0. The molecule has 30 heavy (non-hydrogen) atoms. The van der Waals surface area contributed by atoms with E-state index in [9.17, 15) is 4.79 Å². The molecule has 2 aliphatic heterocycles. The molecule has 0 radical (unpaired) electrons. The van der Waals surface area contributed by atoms with Crippen LogP contribution in [-0.2, 0) is 6.42 Å². The van der Waals surface area contributed by atoms with Crippen LogP contribution in [0.2, 0.25) is 0 Å². The highest BCUT2D eigenvalue weighted by Gasteiger charge is 2.29. The van der Waals surface area contributed by atoms with E-state index < -0.39 is 0 Å². The van der Waals surface area contributed by atoms with Crippen LogP contribution >= 0.6 is 0 Å².